The zero-order valence-corrected chi connectivity index (χ0v) is 15.1. The third-order valence-electron chi connectivity index (χ3n) is 5.48. The first-order chi connectivity index (χ1) is 13.6. The number of ketones is 1. The number of allylic oxidation sites excluding steroid dienone is 2. The Bertz CT molecular complexity index is 1150. The number of hydrogen-bond acceptors (Lipinski definition) is 4. The van der Waals surface area contributed by atoms with Crippen LogP contribution in [-0.2, 0) is 4.79 Å². The standard InChI is InChI=1S/C22H19N3O3/c26-15-11-9-13(10-12-15)18-19-16(7-4-8-17(19)27)23-21-20(18)22(28)25(24-21)14-5-2-1-3-6-14/h1-3,5-6,9-12,18,23-24,26H,4,7-8H2/t18-/m1/s1. The van der Waals surface area contributed by atoms with E-state index in [9.17, 15) is 14.7 Å². The molecule has 0 bridgehead atoms. The molecule has 0 saturated carbocycles. The van der Waals surface area contributed by atoms with Crippen LogP contribution in [0.1, 0.15) is 36.3 Å². The van der Waals surface area contributed by atoms with Gasteiger partial charge >= 0.3 is 0 Å². The van der Waals surface area contributed by atoms with Gasteiger partial charge in [-0.05, 0) is 42.7 Å². The summed E-state index contributed by atoms with van der Waals surface area (Å²) in [7, 11) is 0. The molecule has 3 aromatic rings. The first-order valence-corrected chi connectivity index (χ1v) is 9.36. The number of H-pyrrole nitrogens is 1. The SMILES string of the molecule is O=C1CCCC2=C1[C@@H](c1ccc(O)cc1)c1c([nH]n(-c3ccccc3)c1=O)N2. The van der Waals surface area contributed by atoms with Gasteiger partial charge in [-0.1, -0.05) is 30.3 Å². The van der Waals surface area contributed by atoms with Crippen LogP contribution < -0.4 is 10.9 Å². The molecule has 2 aromatic carbocycles. The highest BCUT2D eigenvalue weighted by Crippen LogP contribution is 2.43. The lowest BCUT2D eigenvalue weighted by Gasteiger charge is -2.31. The van der Waals surface area contributed by atoms with Gasteiger partial charge in [-0.3, -0.25) is 14.7 Å². The van der Waals surface area contributed by atoms with E-state index in [1.54, 1.807) is 24.3 Å². The van der Waals surface area contributed by atoms with Gasteiger partial charge in [0.05, 0.1) is 11.3 Å². The number of fused-ring (bicyclic) bond motifs is 1. The Kier molecular flexibility index (Phi) is 3.72. The Hall–Kier alpha value is -3.54. The molecular weight excluding hydrogens is 354 g/mol. The molecule has 0 unspecified atom stereocenters. The van der Waals surface area contributed by atoms with E-state index >= 15 is 0 Å². The summed E-state index contributed by atoms with van der Waals surface area (Å²) in [5.74, 6) is 0.399. The van der Waals surface area contributed by atoms with E-state index in [0.29, 0.717) is 23.4 Å². The van der Waals surface area contributed by atoms with Gasteiger partial charge in [0, 0.05) is 23.6 Å². The number of nitrogens with one attached hydrogen (secondary N) is 2. The molecule has 0 amide bonds. The minimum absolute atomic E-state index is 0.0735. The zero-order valence-electron chi connectivity index (χ0n) is 15.1. The summed E-state index contributed by atoms with van der Waals surface area (Å²) < 4.78 is 1.51. The molecular formula is C22H19N3O3. The fourth-order valence-corrected chi connectivity index (χ4v) is 4.20. The average Bonchev–Trinajstić information content (AvgIpc) is 3.04. The number of carbonyl (C=O) groups excluding carboxylic acids is 1. The Balaban J connectivity index is 1.75. The quantitative estimate of drug-likeness (QED) is 0.642. The lowest BCUT2D eigenvalue weighted by Crippen LogP contribution is -2.29. The predicted molar refractivity (Wildman–Crippen MR) is 106 cm³/mol. The van der Waals surface area contributed by atoms with Crippen molar-refractivity contribution in [2.75, 3.05) is 5.32 Å². The second-order valence-electron chi connectivity index (χ2n) is 7.20. The fraction of sp³-hybridized carbons (Fsp3) is 0.182. The summed E-state index contributed by atoms with van der Waals surface area (Å²) in [6.07, 6.45) is 2.06. The molecule has 0 radical (unpaired) electrons. The lowest BCUT2D eigenvalue weighted by molar-refractivity contribution is -0.116. The van der Waals surface area contributed by atoms with Crippen LogP contribution in [0.25, 0.3) is 5.69 Å². The highest BCUT2D eigenvalue weighted by atomic mass is 16.3. The molecule has 1 atom stereocenters. The number of carbonyl (C=O) groups is 1. The zero-order chi connectivity index (χ0) is 19.3. The van der Waals surface area contributed by atoms with Crippen LogP contribution >= 0.6 is 0 Å². The average molecular weight is 373 g/mol. The first kappa shape index (κ1) is 16.6. The Morgan fingerprint density at radius 2 is 1.71 bits per heavy atom. The van der Waals surface area contributed by atoms with Crippen LogP contribution in [0.15, 0.2) is 70.7 Å². The molecule has 5 rings (SSSR count). The Labute approximate surface area is 161 Å². The number of aromatic hydroxyl groups is 1. The maximum Gasteiger partial charge on any atom is 0.277 e. The van der Waals surface area contributed by atoms with Gasteiger partial charge in [0.25, 0.3) is 5.56 Å². The third-order valence-corrected chi connectivity index (χ3v) is 5.48. The van der Waals surface area contributed by atoms with E-state index in [0.717, 1.165) is 29.8 Å². The largest absolute Gasteiger partial charge is 0.508 e. The van der Waals surface area contributed by atoms with Gasteiger partial charge in [0.1, 0.15) is 11.6 Å². The van der Waals surface area contributed by atoms with Gasteiger partial charge in [-0.25, -0.2) is 4.68 Å². The number of aromatic amines is 1. The van der Waals surface area contributed by atoms with Crippen molar-refractivity contribution in [3.63, 3.8) is 0 Å². The predicted octanol–water partition coefficient (Wildman–Crippen LogP) is 3.44. The minimum atomic E-state index is -0.451. The van der Waals surface area contributed by atoms with Gasteiger partial charge in [0.15, 0.2) is 5.78 Å². The lowest BCUT2D eigenvalue weighted by atomic mass is 9.77. The van der Waals surface area contributed by atoms with Gasteiger partial charge in [0.2, 0.25) is 0 Å². The van der Waals surface area contributed by atoms with Crippen LogP contribution in [0.4, 0.5) is 5.82 Å². The number of benzene rings is 2. The van der Waals surface area contributed by atoms with E-state index in [4.69, 9.17) is 0 Å². The second kappa shape index (κ2) is 6.27. The number of Topliss-reactive ketones (excluding diaryl/α,β-unsaturated/α-hetero) is 1. The van der Waals surface area contributed by atoms with E-state index in [1.165, 1.54) is 4.68 Å². The molecule has 6 heteroatoms. The van der Waals surface area contributed by atoms with Crippen LogP contribution in [-0.4, -0.2) is 20.7 Å². The Morgan fingerprint density at radius 1 is 0.964 bits per heavy atom. The van der Waals surface area contributed by atoms with E-state index in [-0.39, 0.29) is 17.1 Å². The highest BCUT2D eigenvalue weighted by Gasteiger charge is 2.38. The number of para-hydroxylation sites is 1. The van der Waals surface area contributed by atoms with Crippen molar-refractivity contribution in [1.82, 2.24) is 9.78 Å². The third kappa shape index (κ3) is 2.49. The van der Waals surface area contributed by atoms with Crippen molar-refractivity contribution < 1.29 is 9.90 Å². The highest BCUT2D eigenvalue weighted by molar-refractivity contribution is 6.00. The molecule has 6 nitrogen and oxygen atoms in total. The summed E-state index contributed by atoms with van der Waals surface area (Å²) >= 11 is 0. The van der Waals surface area contributed by atoms with Crippen molar-refractivity contribution in [1.29, 1.82) is 0 Å². The molecule has 1 aromatic heterocycles. The summed E-state index contributed by atoms with van der Waals surface area (Å²) in [6, 6.07) is 16.1. The molecule has 1 aliphatic carbocycles. The van der Waals surface area contributed by atoms with E-state index in [2.05, 4.69) is 10.4 Å². The molecule has 2 aliphatic rings. The van der Waals surface area contributed by atoms with Crippen LogP contribution in [0.5, 0.6) is 5.75 Å². The molecule has 28 heavy (non-hydrogen) atoms. The number of rotatable bonds is 2. The van der Waals surface area contributed by atoms with Crippen molar-refractivity contribution in [3.05, 3.63) is 87.3 Å². The maximum absolute atomic E-state index is 13.4. The van der Waals surface area contributed by atoms with Crippen molar-refractivity contribution >= 4 is 11.6 Å². The van der Waals surface area contributed by atoms with Crippen molar-refractivity contribution in [2.45, 2.75) is 25.2 Å². The monoisotopic (exact) mass is 373 g/mol. The number of aromatic nitrogens is 2. The first-order valence-electron chi connectivity index (χ1n) is 9.36. The van der Waals surface area contributed by atoms with E-state index in [1.807, 2.05) is 30.3 Å². The van der Waals surface area contributed by atoms with Crippen LogP contribution in [0.2, 0.25) is 0 Å². The topological polar surface area (TPSA) is 87.1 Å². The number of nitrogens with zero attached hydrogens (tertiary/aromatic N) is 1. The molecule has 3 N–H and O–H groups in total. The van der Waals surface area contributed by atoms with Crippen molar-refractivity contribution in [3.8, 4) is 11.4 Å². The number of phenols is 1. The molecule has 0 fully saturated rings. The molecule has 140 valence electrons. The van der Waals surface area contributed by atoms with Gasteiger partial charge in [-0.2, -0.15) is 0 Å². The normalized spacial score (nSPS) is 18.4. The minimum Gasteiger partial charge on any atom is -0.508 e. The van der Waals surface area contributed by atoms with Gasteiger partial charge in [-0.15, -0.1) is 0 Å². The van der Waals surface area contributed by atoms with Crippen LogP contribution in [0.3, 0.4) is 0 Å². The summed E-state index contributed by atoms with van der Waals surface area (Å²) in [6.45, 7) is 0. The smallest absolute Gasteiger partial charge is 0.277 e. The van der Waals surface area contributed by atoms with E-state index < -0.39 is 5.92 Å². The van der Waals surface area contributed by atoms with Crippen molar-refractivity contribution in [2.24, 2.45) is 0 Å². The summed E-state index contributed by atoms with van der Waals surface area (Å²) in [5.41, 5.74) is 3.45. The molecule has 0 saturated heterocycles. The molecule has 0 spiro atoms. The van der Waals surface area contributed by atoms with Gasteiger partial charge < -0.3 is 10.4 Å². The fourth-order valence-electron chi connectivity index (χ4n) is 4.20. The molecule has 2 heterocycles. The summed E-state index contributed by atoms with van der Waals surface area (Å²) in [4.78, 5) is 26.2. The number of phenolic OH excluding ortho intramolecular Hbond substituents is 1. The maximum atomic E-state index is 13.4. The summed E-state index contributed by atoms with van der Waals surface area (Å²) in [5, 5.41) is 16.2. The number of anilines is 1. The van der Waals surface area contributed by atoms with Crippen LogP contribution in [0, 0.1) is 0 Å². The molecule has 1 aliphatic heterocycles. The second-order valence-corrected chi connectivity index (χ2v) is 7.20. The number of hydrogen-bond donors (Lipinski definition) is 3. The Morgan fingerprint density at radius 3 is 2.46 bits per heavy atom.